The number of rotatable bonds is 6. The van der Waals surface area contributed by atoms with Crippen molar-refractivity contribution in [2.75, 3.05) is 24.8 Å². The van der Waals surface area contributed by atoms with Crippen molar-refractivity contribution in [3.8, 4) is 5.75 Å². The van der Waals surface area contributed by atoms with Crippen LogP contribution in [0.4, 0.5) is 16.7 Å². The van der Waals surface area contributed by atoms with Gasteiger partial charge < -0.3 is 20.7 Å². The number of hydrogen-bond donors (Lipinski definition) is 3. The average molecular weight is 378 g/mol. The van der Waals surface area contributed by atoms with Crippen LogP contribution in [0.5, 0.6) is 5.75 Å². The number of likely N-dealkylation sites (N-methyl/N-ethyl adjacent to an activating group) is 1. The Hall–Kier alpha value is -3.14. The third-order valence-electron chi connectivity index (χ3n) is 3.64. The first kappa shape index (κ1) is 17.7. The average Bonchev–Trinajstić information content (AvgIpc) is 2.87. The van der Waals surface area contributed by atoms with Crippen molar-refractivity contribution >= 4 is 35.4 Å². The van der Waals surface area contributed by atoms with Crippen LogP contribution in [0.25, 0.3) is 0 Å². The zero-order chi connectivity index (χ0) is 18.7. The number of methoxy groups -OCH3 is 1. The van der Waals surface area contributed by atoms with Gasteiger partial charge in [0.15, 0.2) is 6.17 Å². The van der Waals surface area contributed by atoms with E-state index in [9.17, 15) is 9.59 Å². The molecule has 1 aromatic carbocycles. The summed E-state index contributed by atoms with van der Waals surface area (Å²) in [6.07, 6.45) is -0.958. The number of nitrogens with zero attached hydrogens (tertiary/aromatic N) is 4. The number of imide groups is 1. The molecule has 0 radical (unpaired) electrons. The summed E-state index contributed by atoms with van der Waals surface area (Å²) in [4.78, 5) is 36.4. The van der Waals surface area contributed by atoms with E-state index in [4.69, 9.17) is 16.3 Å². The van der Waals surface area contributed by atoms with Crippen molar-refractivity contribution in [2.45, 2.75) is 12.7 Å². The van der Waals surface area contributed by atoms with E-state index in [0.717, 1.165) is 16.2 Å². The summed E-state index contributed by atoms with van der Waals surface area (Å²) in [5.74, 6) is 0.612. The molecule has 1 aliphatic rings. The van der Waals surface area contributed by atoms with Crippen molar-refractivity contribution in [3.63, 3.8) is 0 Å². The van der Waals surface area contributed by atoms with Crippen molar-refractivity contribution in [1.29, 1.82) is 0 Å². The van der Waals surface area contributed by atoms with Crippen LogP contribution < -0.4 is 20.7 Å². The molecule has 3 rings (SSSR count). The summed E-state index contributed by atoms with van der Waals surface area (Å²) in [5.41, 5.74) is 0.983. The maximum atomic E-state index is 11.9. The molecule has 0 spiro atoms. The van der Waals surface area contributed by atoms with Gasteiger partial charge in [-0.1, -0.05) is 12.1 Å². The summed E-state index contributed by atoms with van der Waals surface area (Å²) in [6, 6.07) is 6.97. The van der Waals surface area contributed by atoms with E-state index in [2.05, 4.69) is 30.9 Å². The molecule has 2 heterocycles. The Kier molecular flexibility index (Phi) is 5.03. The lowest BCUT2D eigenvalue weighted by Gasteiger charge is -2.12. The van der Waals surface area contributed by atoms with Crippen LogP contribution in [0.3, 0.4) is 0 Å². The molecule has 1 fully saturated rings. The summed E-state index contributed by atoms with van der Waals surface area (Å²) in [6.45, 7) is 0.450. The Morgan fingerprint density at radius 3 is 2.50 bits per heavy atom. The Bertz CT molecular complexity index is 830. The summed E-state index contributed by atoms with van der Waals surface area (Å²) < 4.78 is 5.11. The first-order valence-electron chi connectivity index (χ1n) is 7.59. The van der Waals surface area contributed by atoms with E-state index in [-0.39, 0.29) is 17.2 Å². The number of aromatic nitrogens is 3. The second-order valence-corrected chi connectivity index (χ2v) is 5.72. The minimum Gasteiger partial charge on any atom is -0.497 e. The number of carbonyl (C=O) groups excluding carboxylic acids is 2. The highest BCUT2D eigenvalue weighted by Crippen LogP contribution is 2.15. The number of urea groups is 1. The molecule has 0 saturated carbocycles. The minimum absolute atomic E-state index is 0.0511. The van der Waals surface area contributed by atoms with Crippen LogP contribution in [0, 0.1) is 0 Å². The Balaban J connectivity index is 1.67. The highest BCUT2D eigenvalue weighted by molar-refractivity contribution is 6.28. The lowest BCUT2D eigenvalue weighted by molar-refractivity contribution is -0.125. The summed E-state index contributed by atoms with van der Waals surface area (Å²) in [5, 5.41) is 8.15. The number of nitrogens with one attached hydrogen (secondary N) is 3. The Labute approximate surface area is 153 Å². The Morgan fingerprint density at radius 2 is 1.88 bits per heavy atom. The molecule has 1 aliphatic heterocycles. The molecule has 26 heavy (non-hydrogen) atoms. The smallest absolute Gasteiger partial charge is 0.325 e. The van der Waals surface area contributed by atoms with Crippen molar-refractivity contribution in [1.82, 2.24) is 25.2 Å². The second-order valence-electron chi connectivity index (χ2n) is 5.38. The zero-order valence-corrected chi connectivity index (χ0v) is 14.7. The monoisotopic (exact) mass is 377 g/mol. The van der Waals surface area contributed by atoms with Gasteiger partial charge in [-0.05, 0) is 29.3 Å². The van der Waals surface area contributed by atoms with Gasteiger partial charge in [0.05, 0.1) is 7.11 Å². The number of halogens is 1. The lowest BCUT2D eigenvalue weighted by Crippen LogP contribution is -2.37. The third-order valence-corrected chi connectivity index (χ3v) is 3.81. The molecule has 3 amide bonds. The van der Waals surface area contributed by atoms with E-state index in [1.165, 1.54) is 7.05 Å². The van der Waals surface area contributed by atoms with Crippen LogP contribution in [-0.2, 0) is 11.3 Å². The zero-order valence-electron chi connectivity index (χ0n) is 14.0. The van der Waals surface area contributed by atoms with E-state index in [0.29, 0.717) is 6.54 Å². The first-order chi connectivity index (χ1) is 12.5. The molecule has 1 unspecified atom stereocenters. The first-order valence-corrected chi connectivity index (χ1v) is 7.97. The van der Waals surface area contributed by atoms with E-state index < -0.39 is 18.1 Å². The molecular weight excluding hydrogens is 362 g/mol. The number of hydrogen-bond acceptors (Lipinski definition) is 8. The van der Waals surface area contributed by atoms with E-state index in [1.807, 2.05) is 24.3 Å². The predicted octanol–water partition coefficient (Wildman–Crippen LogP) is 1.07. The quantitative estimate of drug-likeness (QED) is 0.639. The van der Waals surface area contributed by atoms with Crippen LogP contribution in [0.2, 0.25) is 5.28 Å². The largest absolute Gasteiger partial charge is 0.497 e. The number of carbonyl (C=O) groups is 2. The molecule has 3 N–H and O–H groups in total. The molecule has 11 heteroatoms. The van der Waals surface area contributed by atoms with Gasteiger partial charge in [-0.3, -0.25) is 9.69 Å². The van der Waals surface area contributed by atoms with Gasteiger partial charge in [-0.15, -0.1) is 0 Å². The van der Waals surface area contributed by atoms with Crippen molar-refractivity contribution in [3.05, 3.63) is 35.1 Å². The van der Waals surface area contributed by atoms with Crippen LogP contribution in [-0.4, -0.2) is 52.1 Å². The summed E-state index contributed by atoms with van der Waals surface area (Å²) >= 11 is 5.91. The molecule has 0 aliphatic carbocycles. The molecule has 1 aromatic heterocycles. The molecule has 1 atom stereocenters. The number of ether oxygens (including phenoxy) is 1. The maximum Gasteiger partial charge on any atom is 0.325 e. The number of benzene rings is 1. The molecule has 136 valence electrons. The normalized spacial score (nSPS) is 16.4. The molecule has 10 nitrogen and oxygen atoms in total. The van der Waals surface area contributed by atoms with Gasteiger partial charge in [-0.25, -0.2) is 4.79 Å². The maximum absolute atomic E-state index is 11.9. The van der Waals surface area contributed by atoms with Gasteiger partial charge in [0, 0.05) is 13.6 Å². The van der Waals surface area contributed by atoms with Crippen molar-refractivity contribution in [2.24, 2.45) is 0 Å². The highest BCUT2D eigenvalue weighted by Gasteiger charge is 2.35. The van der Waals surface area contributed by atoms with Gasteiger partial charge in [0.25, 0.3) is 5.91 Å². The third kappa shape index (κ3) is 3.91. The highest BCUT2D eigenvalue weighted by atomic mass is 35.5. The van der Waals surface area contributed by atoms with Crippen molar-refractivity contribution < 1.29 is 14.3 Å². The van der Waals surface area contributed by atoms with E-state index >= 15 is 0 Å². The fraction of sp³-hybridized carbons (Fsp3) is 0.267. The predicted molar refractivity (Wildman–Crippen MR) is 93.9 cm³/mol. The van der Waals surface area contributed by atoms with Gasteiger partial charge in [0.1, 0.15) is 5.75 Å². The SMILES string of the molecule is COc1ccc(CNc2nc(Cl)nc(NC3NC(=O)N(C)C3=O)n2)cc1. The van der Waals surface area contributed by atoms with Gasteiger partial charge in [-0.2, -0.15) is 15.0 Å². The van der Waals surface area contributed by atoms with Gasteiger partial charge in [0.2, 0.25) is 17.2 Å². The second kappa shape index (κ2) is 7.40. The van der Waals surface area contributed by atoms with Crippen LogP contribution in [0.1, 0.15) is 5.56 Å². The fourth-order valence-electron chi connectivity index (χ4n) is 2.22. The fourth-order valence-corrected chi connectivity index (χ4v) is 2.38. The summed E-state index contributed by atoms with van der Waals surface area (Å²) in [7, 11) is 2.98. The molecule has 2 aromatic rings. The van der Waals surface area contributed by atoms with Crippen LogP contribution >= 0.6 is 11.6 Å². The van der Waals surface area contributed by atoms with Crippen LogP contribution in [0.15, 0.2) is 24.3 Å². The lowest BCUT2D eigenvalue weighted by atomic mass is 10.2. The molecule has 1 saturated heterocycles. The number of anilines is 2. The van der Waals surface area contributed by atoms with E-state index in [1.54, 1.807) is 7.11 Å². The number of amides is 3. The molecule has 0 bridgehead atoms. The standard InChI is InChI=1S/C15H16ClN7O3/c1-23-11(24)10(19-15(23)25)18-14-21-12(16)20-13(22-14)17-7-8-3-5-9(26-2)6-4-8/h3-6,10H,7H2,1-2H3,(H,19,25)(H2,17,18,20,21,22). The molecular formula is C15H16ClN7O3. The van der Waals surface area contributed by atoms with Gasteiger partial charge >= 0.3 is 6.03 Å². The topological polar surface area (TPSA) is 121 Å². The Morgan fingerprint density at radius 1 is 1.19 bits per heavy atom. The minimum atomic E-state index is -0.958.